The maximum Gasteiger partial charge on any atom is 0.274 e. The maximum atomic E-state index is 14.4. The molecule has 2 aliphatic rings. The summed E-state index contributed by atoms with van der Waals surface area (Å²) in [5.41, 5.74) is 3.44. The molecule has 2 aliphatic carbocycles. The minimum Gasteiger partial charge on any atom is -0.321 e. The van der Waals surface area contributed by atoms with Gasteiger partial charge in [-0.15, -0.1) is 0 Å². The van der Waals surface area contributed by atoms with Gasteiger partial charge < -0.3 is 10.2 Å². The van der Waals surface area contributed by atoms with Crippen LogP contribution in [0.3, 0.4) is 0 Å². The number of rotatable bonds is 7. The molecule has 2 aromatic heterocycles. The van der Waals surface area contributed by atoms with Gasteiger partial charge in [0.05, 0.1) is 11.9 Å². The first-order valence-electron chi connectivity index (χ1n) is 10.9. The lowest BCUT2D eigenvalue weighted by Gasteiger charge is -2.20. The van der Waals surface area contributed by atoms with E-state index in [1.165, 1.54) is 35.9 Å². The zero-order chi connectivity index (χ0) is 22.9. The van der Waals surface area contributed by atoms with E-state index in [1.54, 1.807) is 12.3 Å². The second kappa shape index (κ2) is 8.54. The molecule has 0 bridgehead atoms. The summed E-state index contributed by atoms with van der Waals surface area (Å²) in [6, 6.07) is 11.7. The van der Waals surface area contributed by atoms with Crippen LogP contribution >= 0.6 is 0 Å². The quantitative estimate of drug-likeness (QED) is 0.361. The van der Waals surface area contributed by atoms with Crippen molar-refractivity contribution < 1.29 is 9.18 Å². The van der Waals surface area contributed by atoms with Crippen molar-refractivity contribution in [2.24, 2.45) is 0 Å². The van der Waals surface area contributed by atoms with Gasteiger partial charge in [-0.3, -0.25) is 25.6 Å². The van der Waals surface area contributed by atoms with Crippen LogP contribution in [0.2, 0.25) is 0 Å². The summed E-state index contributed by atoms with van der Waals surface area (Å²) in [4.78, 5) is 23.0. The first kappa shape index (κ1) is 20.9. The summed E-state index contributed by atoms with van der Waals surface area (Å²) in [6.45, 7) is 0. The Bertz CT molecular complexity index is 1230. The van der Waals surface area contributed by atoms with Crippen molar-refractivity contribution in [1.29, 1.82) is 10.8 Å². The van der Waals surface area contributed by atoms with E-state index in [1.807, 2.05) is 24.4 Å². The number of carbonyl (C=O) groups excluding carboxylic acids is 1. The summed E-state index contributed by atoms with van der Waals surface area (Å²) in [7, 11) is 0. The number of halogens is 1. The second-order valence-corrected chi connectivity index (χ2v) is 8.44. The Hall–Kier alpha value is -3.94. The molecule has 1 amide bonds. The molecule has 0 spiro atoms. The van der Waals surface area contributed by atoms with Gasteiger partial charge in [0.15, 0.2) is 0 Å². The third-order valence-corrected chi connectivity index (χ3v) is 5.92. The number of nitrogens with one attached hydrogen (secondary N) is 3. The Morgan fingerprint density at radius 3 is 2.55 bits per heavy atom. The molecule has 0 saturated heterocycles. The van der Waals surface area contributed by atoms with E-state index in [4.69, 9.17) is 10.8 Å². The minimum absolute atomic E-state index is 0.0340. The molecular weight excluding hydrogens is 419 g/mol. The molecule has 166 valence electrons. The molecule has 0 radical (unpaired) electrons. The Morgan fingerprint density at radius 1 is 1.06 bits per heavy atom. The largest absolute Gasteiger partial charge is 0.321 e. The third-order valence-electron chi connectivity index (χ3n) is 5.92. The minimum atomic E-state index is -0.576. The smallest absolute Gasteiger partial charge is 0.274 e. The molecular formula is C25H23FN6O. The number of benzene rings is 1. The van der Waals surface area contributed by atoms with Crippen LogP contribution in [0.5, 0.6) is 0 Å². The molecule has 5 rings (SSSR count). The van der Waals surface area contributed by atoms with E-state index in [2.05, 4.69) is 15.3 Å². The Morgan fingerprint density at radius 2 is 1.88 bits per heavy atom. The Kier molecular flexibility index (Phi) is 5.42. The average Bonchev–Trinajstić information content (AvgIpc) is 3.75. The Labute approximate surface area is 190 Å². The normalized spacial score (nSPS) is 15.1. The zero-order valence-electron chi connectivity index (χ0n) is 17.9. The molecule has 3 aromatic rings. The van der Waals surface area contributed by atoms with Gasteiger partial charge in [-0.1, -0.05) is 6.07 Å². The highest BCUT2D eigenvalue weighted by Crippen LogP contribution is 2.39. The standard InChI is InChI=1S/C25H23FN6O/c26-21-7-4-18(12-20(21)24(28)32(14-27)19-5-6-19)31-25(33)23-11-16(9-10-29-23)17-3-8-22(30-13-17)15-1-2-15/h3-4,7-15,19,27-28H,1-2,5-6H2,(H,31,33). The number of pyridine rings is 2. The lowest BCUT2D eigenvalue weighted by Crippen LogP contribution is -2.32. The van der Waals surface area contributed by atoms with Crippen LogP contribution in [0.15, 0.2) is 54.9 Å². The maximum absolute atomic E-state index is 14.4. The van der Waals surface area contributed by atoms with Crippen molar-refractivity contribution in [1.82, 2.24) is 14.9 Å². The van der Waals surface area contributed by atoms with Gasteiger partial charge in [0.1, 0.15) is 17.3 Å². The predicted molar refractivity (Wildman–Crippen MR) is 124 cm³/mol. The van der Waals surface area contributed by atoms with Crippen LogP contribution in [0.4, 0.5) is 10.1 Å². The number of amidine groups is 1. The first-order valence-corrected chi connectivity index (χ1v) is 10.9. The predicted octanol–water partition coefficient (Wildman–Crippen LogP) is 4.81. The molecule has 3 N–H and O–H groups in total. The Balaban J connectivity index is 1.34. The molecule has 33 heavy (non-hydrogen) atoms. The van der Waals surface area contributed by atoms with E-state index in [9.17, 15) is 9.18 Å². The topological polar surface area (TPSA) is 106 Å². The highest BCUT2D eigenvalue weighted by Gasteiger charge is 2.31. The monoisotopic (exact) mass is 442 g/mol. The molecule has 2 heterocycles. The molecule has 2 saturated carbocycles. The lowest BCUT2D eigenvalue weighted by atomic mass is 10.1. The molecule has 1 aromatic carbocycles. The van der Waals surface area contributed by atoms with E-state index >= 15 is 0 Å². The summed E-state index contributed by atoms with van der Waals surface area (Å²) in [6.07, 6.45) is 8.56. The molecule has 0 atom stereocenters. The van der Waals surface area contributed by atoms with E-state index in [-0.39, 0.29) is 23.1 Å². The van der Waals surface area contributed by atoms with Crippen LogP contribution in [0.25, 0.3) is 11.1 Å². The van der Waals surface area contributed by atoms with Crippen LogP contribution in [-0.4, -0.2) is 39.0 Å². The molecule has 0 aliphatic heterocycles. The van der Waals surface area contributed by atoms with Gasteiger partial charge >= 0.3 is 0 Å². The highest BCUT2D eigenvalue weighted by molar-refractivity contribution is 6.06. The SMILES string of the molecule is N=CN(C(=N)c1cc(NC(=O)c2cc(-c3ccc(C4CC4)nc3)ccn2)ccc1F)C1CC1. The summed E-state index contributed by atoms with van der Waals surface area (Å²) >= 11 is 0. The summed E-state index contributed by atoms with van der Waals surface area (Å²) in [5.74, 6) is -0.527. The summed E-state index contributed by atoms with van der Waals surface area (Å²) in [5, 5.41) is 18.6. The van der Waals surface area contributed by atoms with Gasteiger partial charge in [0.25, 0.3) is 5.91 Å². The highest BCUT2D eigenvalue weighted by atomic mass is 19.1. The summed E-state index contributed by atoms with van der Waals surface area (Å²) < 4.78 is 14.4. The van der Waals surface area contributed by atoms with E-state index in [0.717, 1.165) is 36.0 Å². The van der Waals surface area contributed by atoms with Crippen molar-refractivity contribution in [3.05, 3.63) is 77.6 Å². The fourth-order valence-electron chi connectivity index (χ4n) is 3.75. The van der Waals surface area contributed by atoms with Crippen LogP contribution in [-0.2, 0) is 0 Å². The number of aromatic nitrogens is 2. The number of anilines is 1. The molecule has 0 unspecified atom stereocenters. The zero-order valence-corrected chi connectivity index (χ0v) is 17.9. The number of carbonyl (C=O) groups is 1. The van der Waals surface area contributed by atoms with Crippen LogP contribution in [0.1, 0.15) is 53.3 Å². The number of hydrogen-bond acceptors (Lipinski definition) is 5. The number of nitrogens with zero attached hydrogens (tertiary/aromatic N) is 3. The lowest BCUT2D eigenvalue weighted by molar-refractivity contribution is 0.102. The van der Waals surface area contributed by atoms with Crippen molar-refractivity contribution in [2.45, 2.75) is 37.6 Å². The van der Waals surface area contributed by atoms with E-state index in [0.29, 0.717) is 11.6 Å². The first-order chi connectivity index (χ1) is 16.0. The van der Waals surface area contributed by atoms with Crippen molar-refractivity contribution in [2.75, 3.05) is 5.32 Å². The van der Waals surface area contributed by atoms with Gasteiger partial charge in [-0.05, 0) is 67.6 Å². The van der Waals surface area contributed by atoms with Gasteiger partial charge in [0, 0.05) is 41.3 Å². The average molecular weight is 442 g/mol. The van der Waals surface area contributed by atoms with Crippen molar-refractivity contribution in [3.8, 4) is 11.1 Å². The number of hydrogen-bond donors (Lipinski definition) is 3. The fraction of sp³-hybridized carbons (Fsp3) is 0.240. The van der Waals surface area contributed by atoms with Gasteiger partial charge in [-0.25, -0.2) is 4.39 Å². The van der Waals surface area contributed by atoms with Crippen LogP contribution < -0.4 is 5.32 Å². The van der Waals surface area contributed by atoms with Crippen molar-refractivity contribution in [3.63, 3.8) is 0 Å². The van der Waals surface area contributed by atoms with Gasteiger partial charge in [-0.2, -0.15) is 0 Å². The van der Waals surface area contributed by atoms with Crippen molar-refractivity contribution >= 4 is 23.8 Å². The molecule has 8 heteroatoms. The second-order valence-electron chi connectivity index (χ2n) is 8.44. The molecule has 2 fully saturated rings. The molecule has 7 nitrogen and oxygen atoms in total. The number of amides is 1. The third kappa shape index (κ3) is 4.50. The van der Waals surface area contributed by atoms with Gasteiger partial charge in [0.2, 0.25) is 0 Å². The van der Waals surface area contributed by atoms with E-state index < -0.39 is 11.7 Å². The fourth-order valence-corrected chi connectivity index (χ4v) is 3.75. The van der Waals surface area contributed by atoms with Crippen LogP contribution in [0, 0.1) is 16.6 Å².